The minimum Gasteiger partial charge on any atom is -0.487 e. The van der Waals surface area contributed by atoms with Crippen molar-refractivity contribution in [2.75, 3.05) is 25.0 Å². The molecule has 0 bridgehead atoms. The van der Waals surface area contributed by atoms with Crippen LogP contribution in [0.25, 0.3) is 0 Å². The average molecular weight is 246 g/mol. The summed E-state index contributed by atoms with van der Waals surface area (Å²) in [6.07, 6.45) is 2.72. The third kappa shape index (κ3) is 2.19. The molecule has 3 nitrogen and oxygen atoms in total. The van der Waals surface area contributed by atoms with Gasteiger partial charge in [0, 0.05) is 36.9 Å². The van der Waals surface area contributed by atoms with Crippen molar-refractivity contribution in [2.24, 2.45) is 0 Å². The minimum absolute atomic E-state index is 0.376. The van der Waals surface area contributed by atoms with Crippen molar-refractivity contribution in [3.05, 3.63) is 23.8 Å². The largest absolute Gasteiger partial charge is 0.487 e. The van der Waals surface area contributed by atoms with Crippen LogP contribution in [0.2, 0.25) is 0 Å². The highest BCUT2D eigenvalue weighted by atomic mass is 16.5. The molecule has 3 heteroatoms. The molecule has 3 rings (SSSR count). The van der Waals surface area contributed by atoms with Crippen LogP contribution in [0.1, 0.15) is 25.8 Å². The summed E-state index contributed by atoms with van der Waals surface area (Å²) in [5.41, 5.74) is 2.63. The Bertz CT molecular complexity index is 425. The third-order valence-electron chi connectivity index (χ3n) is 3.95. The van der Waals surface area contributed by atoms with Gasteiger partial charge in [0.2, 0.25) is 0 Å². The van der Waals surface area contributed by atoms with E-state index in [4.69, 9.17) is 4.74 Å². The molecule has 0 atom stereocenters. The first-order valence-electron chi connectivity index (χ1n) is 7.00. The fraction of sp³-hybridized carbons (Fsp3) is 0.600. The van der Waals surface area contributed by atoms with E-state index in [0.717, 1.165) is 31.8 Å². The number of nitrogens with zero attached hydrogens (tertiary/aromatic N) is 1. The molecule has 1 N–H and O–H groups in total. The number of ether oxygens (including phenoxy) is 1. The number of anilines is 1. The first kappa shape index (κ1) is 11.8. The second kappa shape index (κ2) is 4.81. The van der Waals surface area contributed by atoms with Crippen molar-refractivity contribution in [3.63, 3.8) is 0 Å². The van der Waals surface area contributed by atoms with Crippen LogP contribution >= 0.6 is 0 Å². The number of hydrogen-bond acceptors (Lipinski definition) is 3. The molecule has 98 valence electrons. The zero-order chi connectivity index (χ0) is 12.5. The van der Waals surface area contributed by atoms with Gasteiger partial charge in [0.1, 0.15) is 11.9 Å². The SMILES string of the molecule is CC(C)N1CC(Oc2cccc3c2CCCN3)C1. The lowest BCUT2D eigenvalue weighted by Gasteiger charge is -2.42. The Morgan fingerprint density at radius 1 is 1.33 bits per heavy atom. The molecule has 0 aromatic heterocycles. The van der Waals surface area contributed by atoms with E-state index in [2.05, 4.69) is 42.3 Å². The molecule has 2 heterocycles. The van der Waals surface area contributed by atoms with E-state index in [9.17, 15) is 0 Å². The van der Waals surface area contributed by atoms with Crippen LogP contribution in [0.5, 0.6) is 5.75 Å². The molecule has 0 saturated carbocycles. The molecule has 1 aromatic carbocycles. The predicted molar refractivity (Wildman–Crippen MR) is 74.4 cm³/mol. The van der Waals surface area contributed by atoms with Crippen molar-refractivity contribution in [2.45, 2.75) is 38.8 Å². The lowest BCUT2D eigenvalue weighted by Crippen LogP contribution is -2.56. The molecule has 2 aliphatic rings. The second-order valence-corrected chi connectivity index (χ2v) is 5.60. The molecule has 2 aliphatic heterocycles. The Labute approximate surface area is 109 Å². The molecule has 0 aliphatic carbocycles. The maximum Gasteiger partial charge on any atom is 0.125 e. The van der Waals surface area contributed by atoms with Gasteiger partial charge >= 0.3 is 0 Å². The van der Waals surface area contributed by atoms with Gasteiger partial charge < -0.3 is 10.1 Å². The zero-order valence-electron chi connectivity index (χ0n) is 11.3. The Morgan fingerprint density at radius 2 is 2.17 bits per heavy atom. The Morgan fingerprint density at radius 3 is 2.94 bits per heavy atom. The van der Waals surface area contributed by atoms with Crippen LogP contribution in [0.4, 0.5) is 5.69 Å². The van der Waals surface area contributed by atoms with E-state index < -0.39 is 0 Å². The highest BCUT2D eigenvalue weighted by Gasteiger charge is 2.30. The fourth-order valence-corrected chi connectivity index (χ4v) is 2.73. The monoisotopic (exact) mass is 246 g/mol. The number of fused-ring (bicyclic) bond motifs is 1. The topological polar surface area (TPSA) is 24.5 Å². The quantitative estimate of drug-likeness (QED) is 0.887. The molecular formula is C15H22N2O. The van der Waals surface area contributed by atoms with Crippen molar-refractivity contribution in [1.29, 1.82) is 0 Å². The minimum atomic E-state index is 0.376. The van der Waals surface area contributed by atoms with Crippen molar-refractivity contribution >= 4 is 5.69 Å². The molecular weight excluding hydrogens is 224 g/mol. The molecule has 18 heavy (non-hydrogen) atoms. The van der Waals surface area contributed by atoms with Crippen LogP contribution in [0, 0.1) is 0 Å². The van der Waals surface area contributed by atoms with Crippen molar-refractivity contribution < 1.29 is 4.74 Å². The van der Waals surface area contributed by atoms with Gasteiger partial charge in [-0.3, -0.25) is 4.90 Å². The first-order valence-corrected chi connectivity index (χ1v) is 7.00. The van der Waals surface area contributed by atoms with Crippen LogP contribution in [-0.2, 0) is 6.42 Å². The van der Waals surface area contributed by atoms with Crippen molar-refractivity contribution in [1.82, 2.24) is 4.90 Å². The Hall–Kier alpha value is -1.22. The number of benzene rings is 1. The molecule has 0 amide bonds. The highest BCUT2D eigenvalue weighted by Crippen LogP contribution is 2.32. The predicted octanol–water partition coefficient (Wildman–Crippen LogP) is 2.52. The van der Waals surface area contributed by atoms with E-state index in [1.54, 1.807) is 0 Å². The van der Waals surface area contributed by atoms with E-state index in [-0.39, 0.29) is 0 Å². The van der Waals surface area contributed by atoms with E-state index >= 15 is 0 Å². The number of hydrogen-bond donors (Lipinski definition) is 1. The average Bonchev–Trinajstić information content (AvgIpc) is 2.33. The van der Waals surface area contributed by atoms with Gasteiger partial charge in [0.25, 0.3) is 0 Å². The van der Waals surface area contributed by atoms with Gasteiger partial charge in [-0.15, -0.1) is 0 Å². The standard InChI is InChI=1S/C15H22N2O/c1-11(2)17-9-12(10-17)18-15-7-3-6-14-13(15)5-4-8-16-14/h3,6-7,11-12,16H,4-5,8-10H2,1-2H3. The van der Waals surface area contributed by atoms with Gasteiger partial charge in [-0.1, -0.05) is 6.07 Å². The summed E-state index contributed by atoms with van der Waals surface area (Å²) in [5.74, 6) is 1.09. The van der Waals surface area contributed by atoms with Gasteiger partial charge in [-0.2, -0.15) is 0 Å². The van der Waals surface area contributed by atoms with E-state index in [1.165, 1.54) is 17.7 Å². The maximum atomic E-state index is 6.15. The number of nitrogens with one attached hydrogen (secondary N) is 1. The Balaban J connectivity index is 1.67. The molecule has 1 aromatic rings. The van der Waals surface area contributed by atoms with Crippen LogP contribution in [0.3, 0.4) is 0 Å². The summed E-state index contributed by atoms with van der Waals surface area (Å²) in [7, 11) is 0. The number of rotatable bonds is 3. The molecule has 1 fully saturated rings. The zero-order valence-corrected chi connectivity index (χ0v) is 11.3. The first-order chi connectivity index (χ1) is 8.74. The normalized spacial score (nSPS) is 20.2. The Kier molecular flexibility index (Phi) is 3.16. The van der Waals surface area contributed by atoms with Gasteiger partial charge in [0.05, 0.1) is 0 Å². The van der Waals surface area contributed by atoms with Gasteiger partial charge in [-0.25, -0.2) is 0 Å². The smallest absolute Gasteiger partial charge is 0.125 e. The fourth-order valence-electron chi connectivity index (χ4n) is 2.73. The molecule has 1 saturated heterocycles. The van der Waals surface area contributed by atoms with Crippen LogP contribution in [-0.4, -0.2) is 36.7 Å². The van der Waals surface area contributed by atoms with Crippen LogP contribution < -0.4 is 10.1 Å². The van der Waals surface area contributed by atoms with Crippen LogP contribution in [0.15, 0.2) is 18.2 Å². The lowest BCUT2D eigenvalue weighted by molar-refractivity contribution is -0.000329. The number of likely N-dealkylation sites (tertiary alicyclic amines) is 1. The van der Waals surface area contributed by atoms with E-state index in [1.807, 2.05) is 0 Å². The summed E-state index contributed by atoms with van der Waals surface area (Å²) >= 11 is 0. The third-order valence-corrected chi connectivity index (χ3v) is 3.95. The van der Waals surface area contributed by atoms with Crippen molar-refractivity contribution in [3.8, 4) is 5.75 Å². The summed E-state index contributed by atoms with van der Waals surface area (Å²) in [4.78, 5) is 2.44. The van der Waals surface area contributed by atoms with Gasteiger partial charge in [-0.05, 0) is 38.8 Å². The summed E-state index contributed by atoms with van der Waals surface area (Å²) in [5, 5.41) is 3.45. The maximum absolute atomic E-state index is 6.15. The van der Waals surface area contributed by atoms with E-state index in [0.29, 0.717) is 12.1 Å². The highest BCUT2D eigenvalue weighted by molar-refractivity contribution is 5.59. The van der Waals surface area contributed by atoms with Gasteiger partial charge in [0.15, 0.2) is 0 Å². The summed E-state index contributed by atoms with van der Waals surface area (Å²) in [6.45, 7) is 7.69. The summed E-state index contributed by atoms with van der Waals surface area (Å²) in [6, 6.07) is 6.99. The summed E-state index contributed by atoms with van der Waals surface area (Å²) < 4.78 is 6.15. The molecule has 0 unspecified atom stereocenters. The molecule has 0 spiro atoms. The molecule has 0 radical (unpaired) electrons. The second-order valence-electron chi connectivity index (χ2n) is 5.60. The lowest BCUT2D eigenvalue weighted by atomic mass is 10.0.